The predicted octanol–water partition coefficient (Wildman–Crippen LogP) is 2.48. The molecule has 1 atom stereocenters. The molecule has 3 rings (SSSR count). The second-order valence-corrected chi connectivity index (χ2v) is 8.82. The summed E-state index contributed by atoms with van der Waals surface area (Å²) in [5.41, 5.74) is 1.98. The molecule has 144 valence electrons. The Hall–Kier alpha value is -2.48. The lowest BCUT2D eigenvalue weighted by Gasteiger charge is -2.27. The number of carbonyl (C=O) groups is 1. The van der Waals surface area contributed by atoms with Gasteiger partial charge in [-0.3, -0.25) is 9.78 Å². The third-order valence-corrected chi connectivity index (χ3v) is 6.40. The van der Waals surface area contributed by atoms with Gasteiger partial charge in [-0.25, -0.2) is 12.8 Å². The Kier molecular flexibility index (Phi) is 5.74. The molecule has 1 aliphatic heterocycles. The molecule has 8 heteroatoms. The largest absolute Gasteiger partial charge is 0.380 e. The fraction of sp³-hybridized carbons (Fsp3) is 0.368. The van der Waals surface area contributed by atoms with Gasteiger partial charge in [-0.05, 0) is 37.1 Å². The number of anilines is 1. The quantitative estimate of drug-likeness (QED) is 0.818. The zero-order chi connectivity index (χ0) is 19.4. The first-order chi connectivity index (χ1) is 12.9. The number of hydrogen-bond donors (Lipinski definition) is 1. The Balaban J connectivity index is 1.70. The molecule has 1 unspecified atom stereocenters. The SMILES string of the molecule is CCN(C(=O)c1cncc(NCc2ccc(F)cc2)c1)C1CCS(=O)(=O)C1. The van der Waals surface area contributed by atoms with Crippen LogP contribution in [0, 0.1) is 5.82 Å². The number of nitrogens with zero attached hydrogens (tertiary/aromatic N) is 2. The maximum Gasteiger partial charge on any atom is 0.255 e. The van der Waals surface area contributed by atoms with Gasteiger partial charge in [0.2, 0.25) is 0 Å². The smallest absolute Gasteiger partial charge is 0.255 e. The predicted molar refractivity (Wildman–Crippen MR) is 102 cm³/mol. The number of rotatable bonds is 6. The molecule has 0 spiro atoms. The van der Waals surface area contributed by atoms with E-state index in [4.69, 9.17) is 0 Å². The van der Waals surface area contributed by atoms with Gasteiger partial charge in [0, 0.05) is 31.5 Å². The van der Waals surface area contributed by atoms with Crippen molar-refractivity contribution in [2.75, 3.05) is 23.4 Å². The van der Waals surface area contributed by atoms with E-state index in [2.05, 4.69) is 10.3 Å². The van der Waals surface area contributed by atoms with Crippen LogP contribution in [0.1, 0.15) is 29.3 Å². The third kappa shape index (κ3) is 4.82. The first kappa shape index (κ1) is 19.3. The second-order valence-electron chi connectivity index (χ2n) is 6.59. The zero-order valence-corrected chi connectivity index (χ0v) is 15.9. The van der Waals surface area contributed by atoms with Gasteiger partial charge in [-0.1, -0.05) is 12.1 Å². The summed E-state index contributed by atoms with van der Waals surface area (Å²) in [5, 5.41) is 3.16. The molecular formula is C19H22FN3O3S. The number of benzene rings is 1. The van der Waals surface area contributed by atoms with E-state index in [0.29, 0.717) is 30.8 Å². The molecule has 0 saturated carbocycles. The number of sulfone groups is 1. The van der Waals surface area contributed by atoms with E-state index < -0.39 is 9.84 Å². The van der Waals surface area contributed by atoms with Crippen molar-refractivity contribution >= 4 is 21.4 Å². The van der Waals surface area contributed by atoms with E-state index >= 15 is 0 Å². The summed E-state index contributed by atoms with van der Waals surface area (Å²) in [7, 11) is -3.07. The molecule has 1 amide bonds. The van der Waals surface area contributed by atoms with Crippen molar-refractivity contribution in [3.05, 3.63) is 59.7 Å². The van der Waals surface area contributed by atoms with E-state index in [1.54, 1.807) is 29.3 Å². The molecule has 1 aromatic carbocycles. The number of halogens is 1. The van der Waals surface area contributed by atoms with Gasteiger partial charge in [0.05, 0.1) is 22.8 Å². The molecule has 0 aliphatic carbocycles. The lowest BCUT2D eigenvalue weighted by Crippen LogP contribution is -2.41. The minimum absolute atomic E-state index is 0.0164. The molecule has 1 aromatic heterocycles. The van der Waals surface area contributed by atoms with Gasteiger partial charge in [-0.2, -0.15) is 0 Å². The summed E-state index contributed by atoms with van der Waals surface area (Å²) in [6.45, 7) is 2.75. The summed E-state index contributed by atoms with van der Waals surface area (Å²) in [4.78, 5) is 18.6. The highest BCUT2D eigenvalue weighted by atomic mass is 32.2. The molecule has 0 bridgehead atoms. The first-order valence-corrected chi connectivity index (χ1v) is 10.6. The van der Waals surface area contributed by atoms with Crippen LogP contribution in [0.15, 0.2) is 42.7 Å². The molecular weight excluding hydrogens is 369 g/mol. The van der Waals surface area contributed by atoms with E-state index in [1.165, 1.54) is 18.3 Å². The lowest BCUT2D eigenvalue weighted by molar-refractivity contribution is 0.0708. The van der Waals surface area contributed by atoms with E-state index in [-0.39, 0.29) is 29.3 Å². The van der Waals surface area contributed by atoms with Crippen molar-refractivity contribution in [2.24, 2.45) is 0 Å². The van der Waals surface area contributed by atoms with E-state index in [9.17, 15) is 17.6 Å². The van der Waals surface area contributed by atoms with Crippen molar-refractivity contribution < 1.29 is 17.6 Å². The highest BCUT2D eigenvalue weighted by Crippen LogP contribution is 2.21. The number of amides is 1. The average molecular weight is 391 g/mol. The van der Waals surface area contributed by atoms with Crippen molar-refractivity contribution in [1.29, 1.82) is 0 Å². The van der Waals surface area contributed by atoms with Gasteiger partial charge in [0.15, 0.2) is 9.84 Å². The second kappa shape index (κ2) is 8.04. The van der Waals surface area contributed by atoms with Gasteiger partial charge >= 0.3 is 0 Å². The van der Waals surface area contributed by atoms with Crippen molar-refractivity contribution in [3.8, 4) is 0 Å². The van der Waals surface area contributed by atoms with E-state index in [1.807, 2.05) is 6.92 Å². The molecule has 1 aliphatic rings. The topological polar surface area (TPSA) is 79.4 Å². The molecule has 1 saturated heterocycles. The maximum atomic E-state index is 13.0. The molecule has 1 fully saturated rings. The van der Waals surface area contributed by atoms with Crippen molar-refractivity contribution in [3.63, 3.8) is 0 Å². The Morgan fingerprint density at radius 3 is 2.67 bits per heavy atom. The summed E-state index contributed by atoms with van der Waals surface area (Å²) >= 11 is 0. The fourth-order valence-corrected chi connectivity index (χ4v) is 4.95. The Labute approximate surface area is 158 Å². The van der Waals surface area contributed by atoms with E-state index in [0.717, 1.165) is 5.56 Å². The number of hydrogen-bond acceptors (Lipinski definition) is 5. The Morgan fingerprint density at radius 2 is 2.04 bits per heavy atom. The zero-order valence-electron chi connectivity index (χ0n) is 15.1. The van der Waals surface area contributed by atoms with Crippen LogP contribution >= 0.6 is 0 Å². The number of nitrogens with one attached hydrogen (secondary N) is 1. The van der Waals surface area contributed by atoms with Crippen LogP contribution < -0.4 is 5.32 Å². The summed E-state index contributed by atoms with van der Waals surface area (Å²) in [5.74, 6) is -0.374. The third-order valence-electron chi connectivity index (χ3n) is 4.65. The molecule has 2 aromatic rings. The molecule has 2 heterocycles. The highest BCUT2D eigenvalue weighted by Gasteiger charge is 2.34. The Morgan fingerprint density at radius 1 is 1.30 bits per heavy atom. The Bertz CT molecular complexity index is 916. The summed E-state index contributed by atoms with van der Waals surface area (Å²) < 4.78 is 36.4. The number of pyridine rings is 1. The van der Waals surface area contributed by atoms with Crippen LogP contribution in [0.3, 0.4) is 0 Å². The molecule has 0 radical (unpaired) electrons. The molecule has 1 N–H and O–H groups in total. The first-order valence-electron chi connectivity index (χ1n) is 8.82. The maximum absolute atomic E-state index is 13.0. The van der Waals surface area contributed by atoms with Gasteiger partial charge in [0.1, 0.15) is 5.82 Å². The minimum Gasteiger partial charge on any atom is -0.380 e. The number of aromatic nitrogens is 1. The van der Waals surface area contributed by atoms with Crippen LogP contribution in [0.25, 0.3) is 0 Å². The van der Waals surface area contributed by atoms with Gasteiger partial charge < -0.3 is 10.2 Å². The fourth-order valence-electron chi connectivity index (χ4n) is 3.21. The standard InChI is InChI=1S/C19H22FN3O3S/c1-2-23(18-7-8-27(25,26)13-18)19(24)15-9-17(12-21-11-15)22-10-14-3-5-16(20)6-4-14/h3-6,9,11-12,18,22H,2,7-8,10,13H2,1H3. The van der Waals surface area contributed by atoms with Crippen LogP contribution in [0.4, 0.5) is 10.1 Å². The summed E-state index contributed by atoms with van der Waals surface area (Å²) in [6, 6.07) is 7.57. The average Bonchev–Trinajstić information content (AvgIpc) is 3.01. The van der Waals surface area contributed by atoms with Gasteiger partial charge in [0.25, 0.3) is 5.91 Å². The normalized spacial score (nSPS) is 18.2. The molecule has 6 nitrogen and oxygen atoms in total. The van der Waals surface area contributed by atoms with Crippen molar-refractivity contribution in [2.45, 2.75) is 25.9 Å². The number of carbonyl (C=O) groups excluding carboxylic acids is 1. The minimum atomic E-state index is -3.07. The van der Waals surface area contributed by atoms with Crippen LogP contribution in [-0.4, -0.2) is 48.3 Å². The van der Waals surface area contributed by atoms with Crippen molar-refractivity contribution in [1.82, 2.24) is 9.88 Å². The van der Waals surface area contributed by atoms with Crippen LogP contribution in [0.2, 0.25) is 0 Å². The van der Waals surface area contributed by atoms with Gasteiger partial charge in [-0.15, -0.1) is 0 Å². The molecule has 27 heavy (non-hydrogen) atoms. The lowest BCUT2D eigenvalue weighted by atomic mass is 10.1. The van der Waals surface area contributed by atoms with Crippen LogP contribution in [-0.2, 0) is 16.4 Å². The van der Waals surface area contributed by atoms with Crippen LogP contribution in [0.5, 0.6) is 0 Å². The summed E-state index contributed by atoms with van der Waals surface area (Å²) in [6.07, 6.45) is 3.56. The monoisotopic (exact) mass is 391 g/mol. The highest BCUT2D eigenvalue weighted by molar-refractivity contribution is 7.91.